The van der Waals surface area contributed by atoms with Crippen LogP contribution in [0.25, 0.3) is 10.9 Å². The van der Waals surface area contributed by atoms with E-state index in [4.69, 9.17) is 0 Å². The maximum absolute atomic E-state index is 13.1. The number of fused-ring (bicyclic) bond motifs is 2. The summed E-state index contributed by atoms with van der Waals surface area (Å²) in [6, 6.07) is 13.0. The number of hydrogen-bond acceptors (Lipinski definition) is 5. The number of halogens is 1. The summed E-state index contributed by atoms with van der Waals surface area (Å²) in [7, 11) is -3.74. The monoisotopic (exact) mass is 397 g/mol. The summed E-state index contributed by atoms with van der Waals surface area (Å²) >= 11 is 0. The summed E-state index contributed by atoms with van der Waals surface area (Å²) < 4.78 is 38.9. The summed E-state index contributed by atoms with van der Waals surface area (Å²) in [5.41, 5.74) is 1.83. The predicted molar refractivity (Wildman–Crippen MR) is 106 cm³/mol. The molecule has 5 rings (SSSR count). The maximum atomic E-state index is 13.1. The molecule has 5 nitrogen and oxygen atoms in total. The molecule has 2 aliphatic heterocycles. The van der Waals surface area contributed by atoms with Gasteiger partial charge in [-0.3, -0.25) is 4.98 Å². The Morgan fingerprint density at radius 1 is 1.04 bits per heavy atom. The first-order chi connectivity index (χ1) is 13.5. The molecule has 144 valence electrons. The van der Waals surface area contributed by atoms with Crippen molar-refractivity contribution in [2.75, 3.05) is 24.5 Å². The Balaban J connectivity index is 1.50. The number of nitrogens with zero attached hydrogens (tertiary/aromatic N) is 2. The van der Waals surface area contributed by atoms with Crippen molar-refractivity contribution >= 4 is 26.4 Å². The molecule has 0 radical (unpaired) electrons. The normalized spacial score (nSPS) is 22.0. The number of benzene rings is 2. The molecule has 0 aliphatic carbocycles. The highest BCUT2D eigenvalue weighted by molar-refractivity contribution is 7.91. The molecule has 2 fully saturated rings. The molecule has 0 saturated carbocycles. The van der Waals surface area contributed by atoms with Gasteiger partial charge < -0.3 is 10.2 Å². The summed E-state index contributed by atoms with van der Waals surface area (Å²) in [6.45, 7) is 3.08. The van der Waals surface area contributed by atoms with E-state index in [1.54, 1.807) is 6.07 Å². The zero-order chi connectivity index (χ0) is 19.3. The standard InChI is InChI=1S/C21H20FN3O2S/c22-16-1-4-18(5-2-16)28(26,27)19-10-15-9-17(3-6-20(15)24-11-19)25-12-14-7-8-23-21(14)13-25/h1-6,9-11,14,21,23H,7-8,12-13H2. The van der Waals surface area contributed by atoms with Crippen molar-refractivity contribution in [3.63, 3.8) is 0 Å². The van der Waals surface area contributed by atoms with E-state index < -0.39 is 15.7 Å². The molecule has 0 amide bonds. The number of aromatic nitrogens is 1. The molecule has 2 aromatic carbocycles. The van der Waals surface area contributed by atoms with Crippen LogP contribution in [0.4, 0.5) is 10.1 Å². The fourth-order valence-corrected chi connectivity index (χ4v) is 5.49. The van der Waals surface area contributed by atoms with Gasteiger partial charge in [-0.1, -0.05) is 0 Å². The van der Waals surface area contributed by atoms with Gasteiger partial charge >= 0.3 is 0 Å². The van der Waals surface area contributed by atoms with Crippen molar-refractivity contribution in [2.24, 2.45) is 5.92 Å². The number of hydrogen-bond donors (Lipinski definition) is 1. The first-order valence-electron chi connectivity index (χ1n) is 9.39. The Morgan fingerprint density at radius 3 is 2.64 bits per heavy atom. The highest BCUT2D eigenvalue weighted by Crippen LogP contribution is 2.31. The lowest BCUT2D eigenvalue weighted by atomic mass is 10.1. The summed E-state index contributed by atoms with van der Waals surface area (Å²) in [6.07, 6.45) is 2.57. The molecule has 1 aromatic heterocycles. The van der Waals surface area contributed by atoms with Gasteiger partial charge in [-0.2, -0.15) is 0 Å². The van der Waals surface area contributed by atoms with Crippen molar-refractivity contribution < 1.29 is 12.8 Å². The number of anilines is 1. The predicted octanol–water partition coefficient (Wildman–Crippen LogP) is 3.00. The van der Waals surface area contributed by atoms with Gasteiger partial charge in [-0.25, -0.2) is 12.8 Å². The van der Waals surface area contributed by atoms with E-state index in [9.17, 15) is 12.8 Å². The van der Waals surface area contributed by atoms with Crippen molar-refractivity contribution in [1.29, 1.82) is 0 Å². The van der Waals surface area contributed by atoms with Crippen LogP contribution in [0.5, 0.6) is 0 Å². The van der Waals surface area contributed by atoms with Crippen LogP contribution < -0.4 is 10.2 Å². The first-order valence-corrected chi connectivity index (χ1v) is 10.9. The minimum Gasteiger partial charge on any atom is -0.370 e. The van der Waals surface area contributed by atoms with Crippen molar-refractivity contribution in [1.82, 2.24) is 10.3 Å². The molecular weight excluding hydrogens is 377 g/mol. The fraction of sp³-hybridized carbons (Fsp3) is 0.286. The SMILES string of the molecule is O=S(=O)(c1ccc(F)cc1)c1cnc2ccc(N3CC4CCNC4C3)cc2c1. The number of sulfone groups is 1. The van der Waals surface area contributed by atoms with Gasteiger partial charge in [0.1, 0.15) is 5.82 Å². The van der Waals surface area contributed by atoms with Crippen LogP contribution in [-0.2, 0) is 9.84 Å². The molecule has 28 heavy (non-hydrogen) atoms. The Hall–Kier alpha value is -2.51. The third-order valence-corrected chi connectivity index (χ3v) is 7.54. The van der Waals surface area contributed by atoms with Crippen LogP contribution in [0.3, 0.4) is 0 Å². The topological polar surface area (TPSA) is 62.3 Å². The minimum atomic E-state index is -3.74. The number of rotatable bonds is 3. The van der Waals surface area contributed by atoms with Crippen LogP contribution in [0.1, 0.15) is 6.42 Å². The van der Waals surface area contributed by atoms with E-state index >= 15 is 0 Å². The zero-order valence-electron chi connectivity index (χ0n) is 15.2. The van der Waals surface area contributed by atoms with Gasteiger partial charge in [0.05, 0.1) is 15.3 Å². The lowest BCUT2D eigenvalue weighted by Crippen LogP contribution is -2.30. The van der Waals surface area contributed by atoms with Crippen molar-refractivity contribution in [2.45, 2.75) is 22.3 Å². The van der Waals surface area contributed by atoms with Crippen LogP contribution in [0, 0.1) is 11.7 Å². The van der Waals surface area contributed by atoms with E-state index in [0.717, 1.165) is 48.4 Å². The molecule has 2 aliphatic rings. The molecule has 3 aromatic rings. The Bertz CT molecular complexity index is 1140. The van der Waals surface area contributed by atoms with Gasteiger partial charge in [0.15, 0.2) is 0 Å². The smallest absolute Gasteiger partial charge is 0.208 e. The molecule has 2 saturated heterocycles. The Kier molecular flexibility index (Phi) is 4.10. The van der Waals surface area contributed by atoms with E-state index in [-0.39, 0.29) is 9.79 Å². The average Bonchev–Trinajstić information content (AvgIpc) is 3.30. The van der Waals surface area contributed by atoms with Crippen molar-refractivity contribution in [3.8, 4) is 0 Å². The van der Waals surface area contributed by atoms with Gasteiger partial charge in [-0.05, 0) is 67.4 Å². The van der Waals surface area contributed by atoms with E-state index in [1.165, 1.54) is 24.8 Å². The average molecular weight is 397 g/mol. The molecule has 2 atom stereocenters. The van der Waals surface area contributed by atoms with Crippen LogP contribution in [0.15, 0.2) is 64.5 Å². The molecular formula is C21H20FN3O2S. The minimum absolute atomic E-state index is 0.0599. The van der Waals surface area contributed by atoms with E-state index in [2.05, 4.69) is 15.2 Å². The van der Waals surface area contributed by atoms with Crippen LogP contribution in [0.2, 0.25) is 0 Å². The third kappa shape index (κ3) is 2.95. The van der Waals surface area contributed by atoms with Gasteiger partial charge in [-0.15, -0.1) is 0 Å². The summed E-state index contributed by atoms with van der Waals surface area (Å²) in [4.78, 5) is 6.86. The lowest BCUT2D eigenvalue weighted by molar-refractivity contribution is 0.556. The second-order valence-corrected chi connectivity index (χ2v) is 9.47. The number of nitrogens with one attached hydrogen (secondary N) is 1. The fourth-order valence-electron chi connectivity index (χ4n) is 4.25. The third-order valence-electron chi connectivity index (χ3n) is 5.80. The summed E-state index contributed by atoms with van der Waals surface area (Å²) in [5, 5.41) is 4.33. The molecule has 1 N–H and O–H groups in total. The quantitative estimate of drug-likeness (QED) is 0.689. The highest BCUT2D eigenvalue weighted by atomic mass is 32.2. The molecule has 2 unspecified atom stereocenters. The molecule has 7 heteroatoms. The number of pyridine rings is 1. The first kappa shape index (κ1) is 17.6. The molecule has 0 spiro atoms. The maximum Gasteiger partial charge on any atom is 0.208 e. The van der Waals surface area contributed by atoms with Crippen LogP contribution in [-0.4, -0.2) is 39.1 Å². The summed E-state index contributed by atoms with van der Waals surface area (Å²) in [5.74, 6) is 0.212. The molecule has 0 bridgehead atoms. The second-order valence-electron chi connectivity index (χ2n) is 7.52. The Labute approximate surface area is 163 Å². The van der Waals surface area contributed by atoms with E-state index in [0.29, 0.717) is 12.0 Å². The van der Waals surface area contributed by atoms with Crippen LogP contribution >= 0.6 is 0 Å². The van der Waals surface area contributed by atoms with Gasteiger partial charge in [0, 0.05) is 36.4 Å². The zero-order valence-corrected chi connectivity index (χ0v) is 16.0. The Morgan fingerprint density at radius 2 is 1.86 bits per heavy atom. The largest absolute Gasteiger partial charge is 0.370 e. The van der Waals surface area contributed by atoms with E-state index in [1.807, 2.05) is 18.2 Å². The second kappa shape index (κ2) is 6.53. The molecule has 3 heterocycles. The lowest BCUT2D eigenvalue weighted by Gasteiger charge is -2.20. The highest BCUT2D eigenvalue weighted by Gasteiger charge is 2.35. The van der Waals surface area contributed by atoms with Gasteiger partial charge in [0.2, 0.25) is 9.84 Å². The van der Waals surface area contributed by atoms with Gasteiger partial charge in [0.25, 0.3) is 0 Å². The van der Waals surface area contributed by atoms with Crippen molar-refractivity contribution in [3.05, 3.63) is 60.5 Å².